The van der Waals surface area contributed by atoms with Gasteiger partial charge in [0.2, 0.25) is 0 Å². The molecule has 0 radical (unpaired) electrons. The number of aryl methyl sites for hydroxylation is 2. The molecule has 13 rings (SSSR count). The first-order valence-electron chi connectivity index (χ1n) is 25.4. The Kier molecular flexibility index (Phi) is 9.22. The number of para-hydroxylation sites is 1. The molecule has 5 heteroatoms. The van der Waals surface area contributed by atoms with Gasteiger partial charge in [-0.3, -0.25) is 0 Å². The lowest BCUT2D eigenvalue weighted by Gasteiger charge is -2.48. The van der Waals surface area contributed by atoms with Crippen LogP contribution in [0.2, 0.25) is 0 Å². The summed E-state index contributed by atoms with van der Waals surface area (Å²) in [6, 6.07) is 56.0. The van der Waals surface area contributed by atoms with E-state index in [9.17, 15) is 0 Å². The quantitative estimate of drug-likeness (QED) is 0.164. The molecule has 0 spiro atoms. The first-order chi connectivity index (χ1) is 33.4. The Morgan fingerprint density at radius 3 is 2.03 bits per heavy atom. The predicted octanol–water partition coefficient (Wildman–Crippen LogP) is 17.0. The van der Waals surface area contributed by atoms with Gasteiger partial charge in [0, 0.05) is 59.9 Å². The Morgan fingerprint density at radius 2 is 1.26 bits per heavy atom. The molecular weight excluding hydrogens is 868 g/mol. The monoisotopic (exact) mass is 928 g/mol. The van der Waals surface area contributed by atoms with Gasteiger partial charge in [0.05, 0.1) is 5.69 Å². The number of fused-ring (bicyclic) bond motifs is 11. The minimum absolute atomic E-state index is 0.0411. The normalized spacial score (nSPS) is 16.9. The maximum absolute atomic E-state index is 7.20. The minimum Gasteiger partial charge on any atom is -0.454 e. The van der Waals surface area contributed by atoms with Crippen LogP contribution in [0.4, 0.5) is 28.4 Å². The second-order valence-electron chi connectivity index (χ2n) is 23.7. The van der Waals surface area contributed by atoms with Crippen LogP contribution in [-0.4, -0.2) is 6.85 Å². The fourth-order valence-electron chi connectivity index (χ4n) is 12.8. The van der Waals surface area contributed by atoms with Gasteiger partial charge in [-0.05, 0) is 159 Å². The van der Waals surface area contributed by atoms with Crippen LogP contribution in [0.3, 0.4) is 0 Å². The fourth-order valence-corrected chi connectivity index (χ4v) is 14.3. The number of anilines is 5. The van der Waals surface area contributed by atoms with Crippen LogP contribution < -0.4 is 20.6 Å². The molecule has 346 valence electrons. The van der Waals surface area contributed by atoms with E-state index in [1.165, 1.54) is 111 Å². The molecule has 0 saturated carbocycles. The standard InChI is InChI=1S/C65H61BN2OS/c1-38-31-46-43-26-27-44-42-21-15-17-23-56(42)69-61(44)60(43)68(52-28-25-41(62(3,4)5)34-45(52)40-19-13-12-14-20-40)66-51-37-58-50(65(10,11)47-22-16-18-24-57(47)70-58)36-54(51)67(55(32-38)59(46)66)53-35-49-48(33-39(53)2)63(6,7)29-30-64(49,8)9/h12-28,31-37H,29-30H2,1-11H3. The van der Waals surface area contributed by atoms with Gasteiger partial charge in [0.25, 0.3) is 0 Å². The molecule has 9 aromatic rings. The highest BCUT2D eigenvalue weighted by atomic mass is 32.2. The van der Waals surface area contributed by atoms with Gasteiger partial charge in [-0.15, -0.1) is 0 Å². The van der Waals surface area contributed by atoms with Gasteiger partial charge in [-0.2, -0.15) is 0 Å². The SMILES string of the molecule is Cc1cc2c3c(c1)N(c1cc4c(cc1C)C(C)(C)CCC4(C)C)c1cc4c(cc1B3N(c1ccc(C(C)(C)C)cc1-c1ccccc1)c1c-2ccc2c1oc1ccccc12)Sc1ccccc1C4(C)C. The second-order valence-corrected chi connectivity index (χ2v) is 24.8. The maximum Gasteiger partial charge on any atom is 0.333 e. The Bertz CT molecular complexity index is 3700. The maximum atomic E-state index is 7.20. The molecule has 0 saturated heterocycles. The Morgan fingerprint density at radius 1 is 0.557 bits per heavy atom. The highest BCUT2D eigenvalue weighted by molar-refractivity contribution is 7.99. The first-order valence-corrected chi connectivity index (χ1v) is 26.2. The minimum atomic E-state index is -0.227. The summed E-state index contributed by atoms with van der Waals surface area (Å²) in [6.07, 6.45) is 2.34. The third-order valence-electron chi connectivity index (χ3n) is 16.9. The molecular formula is C65H61BN2OS. The Balaban J connectivity index is 1.19. The number of furan rings is 1. The zero-order valence-electron chi connectivity index (χ0n) is 42.6. The first kappa shape index (κ1) is 43.6. The lowest BCUT2D eigenvalue weighted by atomic mass is 9.43. The van der Waals surface area contributed by atoms with Gasteiger partial charge in [0.1, 0.15) is 5.58 Å². The third kappa shape index (κ3) is 6.22. The van der Waals surface area contributed by atoms with Crippen LogP contribution in [-0.2, 0) is 21.7 Å². The van der Waals surface area contributed by atoms with Gasteiger partial charge in [-0.25, -0.2) is 0 Å². The highest BCUT2D eigenvalue weighted by Gasteiger charge is 2.49. The molecule has 0 N–H and O–H groups in total. The summed E-state index contributed by atoms with van der Waals surface area (Å²) in [5.41, 5.74) is 24.8. The van der Waals surface area contributed by atoms with Crippen molar-refractivity contribution in [2.45, 2.75) is 120 Å². The number of benzene rings is 8. The van der Waals surface area contributed by atoms with Crippen LogP contribution in [0.5, 0.6) is 0 Å². The van der Waals surface area contributed by atoms with Crippen molar-refractivity contribution in [3.63, 3.8) is 0 Å². The van der Waals surface area contributed by atoms with E-state index in [1.54, 1.807) is 0 Å². The van der Waals surface area contributed by atoms with Crippen LogP contribution >= 0.6 is 11.8 Å². The van der Waals surface area contributed by atoms with Crippen molar-refractivity contribution in [3.05, 3.63) is 185 Å². The summed E-state index contributed by atoms with van der Waals surface area (Å²) in [5, 5.41) is 2.27. The van der Waals surface area contributed by atoms with E-state index < -0.39 is 0 Å². The van der Waals surface area contributed by atoms with Crippen molar-refractivity contribution in [2.24, 2.45) is 0 Å². The lowest BCUT2D eigenvalue weighted by Crippen LogP contribution is -2.62. The van der Waals surface area contributed by atoms with Crippen molar-refractivity contribution < 1.29 is 4.42 Å². The summed E-state index contributed by atoms with van der Waals surface area (Å²) < 4.78 is 7.20. The number of hydrogen-bond donors (Lipinski definition) is 0. The molecule has 0 bridgehead atoms. The van der Waals surface area contributed by atoms with Crippen molar-refractivity contribution in [3.8, 4) is 22.3 Å². The molecule has 1 aromatic heterocycles. The summed E-state index contributed by atoms with van der Waals surface area (Å²) >= 11 is 1.93. The number of hydrogen-bond acceptors (Lipinski definition) is 4. The van der Waals surface area contributed by atoms with Gasteiger partial charge < -0.3 is 14.1 Å². The van der Waals surface area contributed by atoms with E-state index in [2.05, 4.69) is 231 Å². The largest absolute Gasteiger partial charge is 0.454 e. The van der Waals surface area contributed by atoms with Crippen LogP contribution in [0, 0.1) is 13.8 Å². The topological polar surface area (TPSA) is 19.6 Å². The number of rotatable bonds is 3. The molecule has 0 fully saturated rings. The molecule has 3 aliphatic heterocycles. The van der Waals surface area contributed by atoms with Crippen molar-refractivity contribution in [1.29, 1.82) is 0 Å². The van der Waals surface area contributed by atoms with Crippen molar-refractivity contribution >= 4 is 79.9 Å². The zero-order chi connectivity index (χ0) is 48.4. The molecule has 4 aliphatic rings. The second kappa shape index (κ2) is 14.8. The molecule has 4 heterocycles. The summed E-state index contributed by atoms with van der Waals surface area (Å²) in [5.74, 6) is 0. The summed E-state index contributed by atoms with van der Waals surface area (Å²) in [4.78, 5) is 8.05. The van der Waals surface area contributed by atoms with Gasteiger partial charge in [-0.1, -0.05) is 165 Å². The Labute approximate surface area is 419 Å². The van der Waals surface area contributed by atoms with E-state index in [0.717, 1.165) is 34.0 Å². The Hall–Kier alpha value is -6.43. The van der Waals surface area contributed by atoms with E-state index in [4.69, 9.17) is 4.42 Å². The average Bonchev–Trinajstić information content (AvgIpc) is 3.72. The summed E-state index contributed by atoms with van der Waals surface area (Å²) in [7, 11) is 0. The molecule has 70 heavy (non-hydrogen) atoms. The van der Waals surface area contributed by atoms with Gasteiger partial charge >= 0.3 is 6.85 Å². The molecule has 0 amide bonds. The average molecular weight is 929 g/mol. The van der Waals surface area contributed by atoms with E-state index in [1.807, 2.05) is 11.8 Å². The lowest BCUT2D eigenvalue weighted by molar-refractivity contribution is 0.332. The highest BCUT2D eigenvalue weighted by Crippen LogP contribution is 2.57. The predicted molar refractivity (Wildman–Crippen MR) is 299 cm³/mol. The third-order valence-corrected chi connectivity index (χ3v) is 18.0. The van der Waals surface area contributed by atoms with Crippen LogP contribution in [0.15, 0.2) is 160 Å². The van der Waals surface area contributed by atoms with E-state index in [-0.39, 0.29) is 28.5 Å². The van der Waals surface area contributed by atoms with Crippen molar-refractivity contribution in [2.75, 3.05) is 9.71 Å². The number of nitrogens with zero attached hydrogens (tertiary/aromatic N) is 2. The molecule has 8 aromatic carbocycles. The molecule has 3 nitrogen and oxygen atoms in total. The zero-order valence-corrected chi connectivity index (χ0v) is 43.4. The smallest absolute Gasteiger partial charge is 0.333 e. The molecule has 0 atom stereocenters. The summed E-state index contributed by atoms with van der Waals surface area (Å²) in [6.45, 7) is 26.1. The molecule has 1 aliphatic carbocycles. The van der Waals surface area contributed by atoms with Crippen LogP contribution in [0.1, 0.15) is 114 Å². The van der Waals surface area contributed by atoms with Crippen molar-refractivity contribution in [1.82, 2.24) is 0 Å². The van der Waals surface area contributed by atoms with Crippen LogP contribution in [0.25, 0.3) is 44.2 Å². The van der Waals surface area contributed by atoms with E-state index in [0.29, 0.717) is 0 Å². The fraction of sp³-hybridized carbons (Fsp3) is 0.262. The van der Waals surface area contributed by atoms with Gasteiger partial charge in [0.15, 0.2) is 5.58 Å². The molecule has 0 unspecified atom stereocenters. The van der Waals surface area contributed by atoms with E-state index >= 15 is 0 Å².